The van der Waals surface area contributed by atoms with Gasteiger partial charge < -0.3 is 14.6 Å². The Balaban J connectivity index is 1.20. The van der Waals surface area contributed by atoms with Crippen molar-refractivity contribution in [1.29, 1.82) is 0 Å². The van der Waals surface area contributed by atoms with E-state index in [4.69, 9.17) is 4.74 Å². The summed E-state index contributed by atoms with van der Waals surface area (Å²) in [4.78, 5) is 36.9. The zero-order valence-corrected chi connectivity index (χ0v) is 16.7. The Bertz CT molecular complexity index is 1130. The van der Waals surface area contributed by atoms with Gasteiger partial charge in [-0.05, 0) is 30.2 Å². The number of nitrogens with one attached hydrogen (secondary N) is 1. The summed E-state index contributed by atoms with van der Waals surface area (Å²) in [6, 6.07) is 15.3. The smallest absolute Gasteiger partial charge is 0.258 e. The molecule has 1 N–H and O–H groups in total. The fourth-order valence-corrected chi connectivity index (χ4v) is 4.29. The number of H-pyrrole nitrogens is 1. The third-order valence-electron chi connectivity index (χ3n) is 5.95. The molecule has 5 rings (SSSR count). The number of aromatic amines is 1. The number of hydrogen-bond acceptors (Lipinski definition) is 5. The second kappa shape index (κ2) is 7.91. The fourth-order valence-electron chi connectivity index (χ4n) is 4.29. The van der Waals surface area contributed by atoms with Crippen molar-refractivity contribution >= 4 is 16.8 Å². The summed E-state index contributed by atoms with van der Waals surface area (Å²) in [5.41, 5.74) is 1.71. The van der Waals surface area contributed by atoms with Gasteiger partial charge in [0.2, 0.25) is 5.91 Å². The molecule has 1 amide bonds. The van der Waals surface area contributed by atoms with Gasteiger partial charge in [0, 0.05) is 26.2 Å². The molecule has 0 bridgehead atoms. The molecular weight excluding hydrogens is 380 g/mol. The van der Waals surface area contributed by atoms with E-state index in [1.54, 1.807) is 6.07 Å². The normalized spacial score (nSPS) is 19.3. The Kier molecular flexibility index (Phi) is 4.96. The molecule has 2 aliphatic heterocycles. The number of nitrogens with zero attached hydrogens (tertiary/aromatic N) is 3. The van der Waals surface area contributed by atoms with Crippen LogP contribution >= 0.6 is 0 Å². The van der Waals surface area contributed by atoms with E-state index in [-0.39, 0.29) is 17.4 Å². The number of hydrogen-bond donors (Lipinski definition) is 1. The van der Waals surface area contributed by atoms with Crippen LogP contribution < -0.4 is 10.3 Å². The average molecular weight is 404 g/mol. The molecule has 30 heavy (non-hydrogen) atoms. The third kappa shape index (κ3) is 3.68. The van der Waals surface area contributed by atoms with Crippen LogP contribution in [0.1, 0.15) is 11.4 Å². The molecule has 0 spiro atoms. The lowest BCUT2D eigenvalue weighted by Gasteiger charge is -2.37. The second-order valence-electron chi connectivity index (χ2n) is 7.95. The van der Waals surface area contributed by atoms with E-state index in [1.807, 2.05) is 47.4 Å². The van der Waals surface area contributed by atoms with E-state index in [0.717, 1.165) is 30.8 Å². The predicted octanol–water partition coefficient (Wildman–Crippen LogP) is 1.82. The van der Waals surface area contributed by atoms with Crippen LogP contribution in [0.15, 0.2) is 53.3 Å². The highest BCUT2D eigenvalue weighted by Crippen LogP contribution is 2.28. The van der Waals surface area contributed by atoms with Crippen molar-refractivity contribution in [2.75, 3.05) is 32.8 Å². The monoisotopic (exact) mass is 404 g/mol. The van der Waals surface area contributed by atoms with E-state index in [2.05, 4.69) is 14.9 Å². The molecule has 1 fully saturated rings. The lowest BCUT2D eigenvalue weighted by Crippen LogP contribution is -2.51. The van der Waals surface area contributed by atoms with Crippen LogP contribution in [0.3, 0.4) is 0 Å². The van der Waals surface area contributed by atoms with Gasteiger partial charge in [0.25, 0.3) is 5.56 Å². The van der Waals surface area contributed by atoms with Gasteiger partial charge in [-0.25, -0.2) is 4.98 Å². The number of benzene rings is 2. The van der Waals surface area contributed by atoms with Gasteiger partial charge in [-0.2, -0.15) is 0 Å². The number of rotatable bonds is 3. The first-order chi connectivity index (χ1) is 14.7. The van der Waals surface area contributed by atoms with E-state index in [1.165, 1.54) is 0 Å². The first-order valence-electron chi connectivity index (χ1n) is 10.4. The molecule has 0 radical (unpaired) electrons. The Morgan fingerprint density at radius 2 is 1.83 bits per heavy atom. The molecule has 0 aliphatic carbocycles. The minimum atomic E-state index is -0.120. The standard InChI is InChI=1S/C23H24N4O3/c28-22-18-6-2-3-7-19(18)24-21(25-22)14-26-9-11-27(12-10-26)23(29)17-13-16-5-1-4-8-20(16)30-15-17/h1-8,17H,9-15H2,(H,24,25,28). The van der Waals surface area contributed by atoms with Crippen LogP contribution in [0, 0.1) is 5.92 Å². The first kappa shape index (κ1) is 18.8. The number of fused-ring (bicyclic) bond motifs is 2. The summed E-state index contributed by atoms with van der Waals surface area (Å²) >= 11 is 0. The summed E-state index contributed by atoms with van der Waals surface area (Å²) in [5, 5.41) is 0.605. The van der Waals surface area contributed by atoms with Gasteiger partial charge in [-0.3, -0.25) is 14.5 Å². The number of carbonyl (C=O) groups is 1. The first-order valence-corrected chi connectivity index (χ1v) is 10.4. The SMILES string of the molecule is O=C(C1COc2ccccc2C1)N1CCN(Cc2nc3ccccc3c(=O)[nH]2)CC1. The Labute approximate surface area is 174 Å². The number of carbonyl (C=O) groups excluding carboxylic acids is 1. The number of piperazine rings is 1. The van der Waals surface area contributed by atoms with Crippen LogP contribution in [-0.4, -0.2) is 58.5 Å². The van der Waals surface area contributed by atoms with Gasteiger partial charge >= 0.3 is 0 Å². The minimum Gasteiger partial charge on any atom is -0.492 e. The highest BCUT2D eigenvalue weighted by atomic mass is 16.5. The molecule has 2 aromatic carbocycles. The van der Waals surface area contributed by atoms with Crippen LogP contribution in [-0.2, 0) is 17.8 Å². The van der Waals surface area contributed by atoms with E-state index >= 15 is 0 Å². The molecule has 3 heterocycles. The van der Waals surface area contributed by atoms with Gasteiger partial charge in [0.15, 0.2) is 0 Å². The predicted molar refractivity (Wildman–Crippen MR) is 113 cm³/mol. The van der Waals surface area contributed by atoms with E-state index in [0.29, 0.717) is 43.0 Å². The number of amides is 1. The second-order valence-corrected chi connectivity index (χ2v) is 7.95. The van der Waals surface area contributed by atoms with Crippen molar-refractivity contribution in [2.45, 2.75) is 13.0 Å². The van der Waals surface area contributed by atoms with Crippen molar-refractivity contribution in [2.24, 2.45) is 5.92 Å². The summed E-state index contributed by atoms with van der Waals surface area (Å²) in [7, 11) is 0. The fraction of sp³-hybridized carbons (Fsp3) is 0.348. The van der Waals surface area contributed by atoms with Gasteiger partial charge in [0.05, 0.1) is 23.4 Å². The molecular formula is C23H24N4O3. The lowest BCUT2D eigenvalue weighted by molar-refractivity contribution is -0.138. The topological polar surface area (TPSA) is 78.5 Å². The van der Waals surface area contributed by atoms with E-state index < -0.39 is 0 Å². The lowest BCUT2D eigenvalue weighted by atomic mass is 9.95. The zero-order valence-electron chi connectivity index (χ0n) is 16.7. The average Bonchev–Trinajstić information content (AvgIpc) is 2.79. The molecule has 7 heteroatoms. The quantitative estimate of drug-likeness (QED) is 0.721. The summed E-state index contributed by atoms with van der Waals surface area (Å²) in [6.07, 6.45) is 0.734. The number of aromatic nitrogens is 2. The molecule has 154 valence electrons. The largest absolute Gasteiger partial charge is 0.492 e. The van der Waals surface area contributed by atoms with Crippen molar-refractivity contribution in [3.8, 4) is 5.75 Å². The van der Waals surface area contributed by atoms with Crippen molar-refractivity contribution < 1.29 is 9.53 Å². The Morgan fingerprint density at radius 3 is 2.70 bits per heavy atom. The van der Waals surface area contributed by atoms with Crippen LogP contribution in [0.5, 0.6) is 5.75 Å². The van der Waals surface area contributed by atoms with E-state index in [9.17, 15) is 9.59 Å². The molecule has 1 atom stereocenters. The Morgan fingerprint density at radius 1 is 1.07 bits per heavy atom. The summed E-state index contributed by atoms with van der Waals surface area (Å²) in [5.74, 6) is 1.60. The molecule has 2 aliphatic rings. The van der Waals surface area contributed by atoms with Crippen molar-refractivity contribution in [3.63, 3.8) is 0 Å². The maximum atomic E-state index is 13.0. The van der Waals surface area contributed by atoms with Crippen molar-refractivity contribution in [1.82, 2.24) is 19.8 Å². The third-order valence-corrected chi connectivity index (χ3v) is 5.95. The number of ether oxygens (including phenoxy) is 1. The molecule has 7 nitrogen and oxygen atoms in total. The highest BCUT2D eigenvalue weighted by Gasteiger charge is 2.31. The molecule has 0 saturated carbocycles. The van der Waals surface area contributed by atoms with Crippen LogP contribution in [0.25, 0.3) is 10.9 Å². The zero-order chi connectivity index (χ0) is 20.5. The molecule has 1 unspecified atom stereocenters. The van der Waals surface area contributed by atoms with Crippen LogP contribution in [0.2, 0.25) is 0 Å². The summed E-state index contributed by atoms with van der Waals surface area (Å²) < 4.78 is 5.79. The number of para-hydroxylation sites is 2. The minimum absolute atomic E-state index is 0.109. The van der Waals surface area contributed by atoms with Gasteiger partial charge in [-0.15, -0.1) is 0 Å². The molecule has 3 aromatic rings. The van der Waals surface area contributed by atoms with Crippen molar-refractivity contribution in [3.05, 3.63) is 70.3 Å². The maximum Gasteiger partial charge on any atom is 0.258 e. The highest BCUT2D eigenvalue weighted by molar-refractivity contribution is 5.80. The molecule has 1 saturated heterocycles. The van der Waals surface area contributed by atoms with Gasteiger partial charge in [-0.1, -0.05) is 30.3 Å². The van der Waals surface area contributed by atoms with Crippen LogP contribution in [0.4, 0.5) is 0 Å². The maximum absolute atomic E-state index is 13.0. The molecule has 1 aromatic heterocycles. The van der Waals surface area contributed by atoms with Gasteiger partial charge in [0.1, 0.15) is 18.2 Å². The Hall–Kier alpha value is -3.19. The summed E-state index contributed by atoms with van der Waals surface area (Å²) in [6.45, 7) is 3.88.